The normalized spacial score (nSPS) is 12.8. The van der Waals surface area contributed by atoms with Crippen molar-refractivity contribution in [2.45, 2.75) is 6.04 Å². The lowest BCUT2D eigenvalue weighted by Gasteiger charge is -2.13. The molecule has 2 nitrogen and oxygen atoms in total. The van der Waals surface area contributed by atoms with Crippen molar-refractivity contribution in [3.8, 4) is 0 Å². The number of nitrogens with two attached hydrogens (primary N) is 1. The summed E-state index contributed by atoms with van der Waals surface area (Å²) in [5, 5.41) is 6.47. The fourth-order valence-electron chi connectivity index (χ4n) is 2.04. The van der Waals surface area contributed by atoms with Crippen LogP contribution in [0, 0.1) is 0 Å². The largest absolute Gasteiger partial charge is 0.320 e. The second-order valence-corrected chi connectivity index (χ2v) is 4.76. The van der Waals surface area contributed by atoms with Gasteiger partial charge in [0.05, 0.1) is 6.04 Å². The zero-order chi connectivity index (χ0) is 11.7. The van der Waals surface area contributed by atoms with E-state index in [9.17, 15) is 0 Å². The fourth-order valence-corrected chi connectivity index (χ4v) is 2.74. The highest BCUT2D eigenvalue weighted by Gasteiger charge is 2.12. The fraction of sp³-hybridized carbons (Fsp3) is 0.0714. The average Bonchev–Trinajstić information content (AvgIpc) is 2.91. The summed E-state index contributed by atoms with van der Waals surface area (Å²) < 4.78 is 0. The zero-order valence-corrected chi connectivity index (χ0v) is 10.0. The molecule has 1 aromatic carbocycles. The molecule has 0 saturated heterocycles. The first-order chi connectivity index (χ1) is 8.36. The van der Waals surface area contributed by atoms with Crippen LogP contribution in [0.5, 0.6) is 0 Å². The summed E-state index contributed by atoms with van der Waals surface area (Å²) in [7, 11) is 0. The lowest BCUT2D eigenvalue weighted by atomic mass is 9.97. The van der Waals surface area contributed by atoms with Crippen molar-refractivity contribution in [1.29, 1.82) is 0 Å². The van der Waals surface area contributed by atoms with Crippen LogP contribution in [-0.4, -0.2) is 4.98 Å². The molecule has 3 heteroatoms. The molecular weight excluding hydrogens is 228 g/mol. The number of pyridine rings is 1. The van der Waals surface area contributed by atoms with Crippen molar-refractivity contribution in [2.24, 2.45) is 5.73 Å². The monoisotopic (exact) mass is 240 g/mol. The average molecular weight is 240 g/mol. The second kappa shape index (κ2) is 4.28. The molecule has 1 atom stereocenters. The number of benzene rings is 1. The Bertz CT molecular complexity index is 626. The van der Waals surface area contributed by atoms with Gasteiger partial charge in [0.1, 0.15) is 0 Å². The molecule has 2 N–H and O–H groups in total. The molecule has 2 aromatic heterocycles. The van der Waals surface area contributed by atoms with Crippen molar-refractivity contribution in [2.75, 3.05) is 0 Å². The number of hydrogen-bond acceptors (Lipinski definition) is 3. The summed E-state index contributed by atoms with van der Waals surface area (Å²) in [6.07, 6.45) is 3.69. The van der Waals surface area contributed by atoms with Crippen molar-refractivity contribution in [3.05, 3.63) is 64.6 Å². The van der Waals surface area contributed by atoms with E-state index in [1.165, 1.54) is 5.39 Å². The summed E-state index contributed by atoms with van der Waals surface area (Å²) in [5.74, 6) is 0. The zero-order valence-electron chi connectivity index (χ0n) is 9.21. The number of aromatic nitrogens is 1. The standard InChI is InChI=1S/C14H12N2S/c15-14(11-5-7-17-9-11)12-3-1-2-10-4-6-16-8-13(10)12/h1-9,14H,15H2. The Morgan fingerprint density at radius 3 is 2.94 bits per heavy atom. The molecule has 3 rings (SSSR count). The molecule has 1 unspecified atom stereocenters. The van der Waals surface area contributed by atoms with Crippen LogP contribution >= 0.6 is 11.3 Å². The molecule has 0 aliphatic carbocycles. The number of nitrogens with zero attached hydrogens (tertiary/aromatic N) is 1. The van der Waals surface area contributed by atoms with Gasteiger partial charge in [0.2, 0.25) is 0 Å². The molecule has 3 aromatic rings. The van der Waals surface area contributed by atoms with E-state index < -0.39 is 0 Å². The van der Waals surface area contributed by atoms with Crippen molar-refractivity contribution in [3.63, 3.8) is 0 Å². The van der Waals surface area contributed by atoms with E-state index in [1.54, 1.807) is 11.3 Å². The summed E-state index contributed by atoms with van der Waals surface area (Å²) in [4.78, 5) is 4.18. The Morgan fingerprint density at radius 2 is 2.12 bits per heavy atom. The predicted molar refractivity (Wildman–Crippen MR) is 72.1 cm³/mol. The van der Waals surface area contributed by atoms with Gasteiger partial charge < -0.3 is 5.73 Å². The van der Waals surface area contributed by atoms with Crippen LogP contribution < -0.4 is 5.73 Å². The maximum atomic E-state index is 6.31. The van der Waals surface area contributed by atoms with Crippen LogP contribution in [0.15, 0.2) is 53.5 Å². The number of rotatable bonds is 2. The van der Waals surface area contributed by atoms with Gasteiger partial charge in [-0.1, -0.05) is 18.2 Å². The Balaban J connectivity index is 2.17. The molecule has 0 bridgehead atoms. The topological polar surface area (TPSA) is 38.9 Å². The molecule has 17 heavy (non-hydrogen) atoms. The second-order valence-electron chi connectivity index (χ2n) is 3.98. The third-order valence-electron chi connectivity index (χ3n) is 2.95. The molecule has 0 amide bonds. The maximum absolute atomic E-state index is 6.31. The highest BCUT2D eigenvalue weighted by Crippen LogP contribution is 2.27. The van der Waals surface area contributed by atoms with Gasteiger partial charge in [0.15, 0.2) is 0 Å². The molecule has 84 valence electrons. The molecule has 2 heterocycles. The number of fused-ring (bicyclic) bond motifs is 1. The molecular formula is C14H12N2S. The minimum Gasteiger partial charge on any atom is -0.320 e. The summed E-state index contributed by atoms with van der Waals surface area (Å²) in [5.41, 5.74) is 8.60. The molecule has 0 saturated carbocycles. The van der Waals surface area contributed by atoms with Crippen molar-refractivity contribution in [1.82, 2.24) is 4.98 Å². The Morgan fingerprint density at radius 1 is 1.18 bits per heavy atom. The van der Waals surface area contributed by atoms with Gasteiger partial charge in [-0.3, -0.25) is 4.98 Å². The lowest BCUT2D eigenvalue weighted by molar-refractivity contribution is 0.886. The minimum atomic E-state index is -0.0749. The molecule has 0 radical (unpaired) electrons. The third kappa shape index (κ3) is 1.84. The highest BCUT2D eigenvalue weighted by atomic mass is 32.1. The van der Waals surface area contributed by atoms with Crippen LogP contribution in [0.1, 0.15) is 17.2 Å². The van der Waals surface area contributed by atoms with Gasteiger partial charge in [-0.2, -0.15) is 11.3 Å². The first-order valence-corrected chi connectivity index (χ1v) is 6.41. The summed E-state index contributed by atoms with van der Waals surface area (Å²) >= 11 is 1.67. The Hall–Kier alpha value is -1.71. The predicted octanol–water partition coefficient (Wildman–Crippen LogP) is 3.34. The van der Waals surface area contributed by atoms with Gasteiger partial charge in [-0.05, 0) is 39.4 Å². The van der Waals surface area contributed by atoms with Crippen molar-refractivity contribution < 1.29 is 0 Å². The van der Waals surface area contributed by atoms with Crippen LogP contribution in [0.3, 0.4) is 0 Å². The van der Waals surface area contributed by atoms with Crippen LogP contribution in [0.2, 0.25) is 0 Å². The quantitative estimate of drug-likeness (QED) is 0.746. The molecule has 0 fully saturated rings. The summed E-state index contributed by atoms with van der Waals surface area (Å²) in [6, 6.07) is 10.2. The smallest absolute Gasteiger partial charge is 0.0566 e. The van der Waals surface area contributed by atoms with Crippen molar-refractivity contribution >= 4 is 22.1 Å². The van der Waals surface area contributed by atoms with E-state index in [0.717, 1.165) is 16.5 Å². The Labute approximate surface area is 104 Å². The van der Waals surface area contributed by atoms with Crippen LogP contribution in [-0.2, 0) is 0 Å². The Kier molecular flexibility index (Phi) is 2.63. The van der Waals surface area contributed by atoms with Gasteiger partial charge in [0.25, 0.3) is 0 Å². The van der Waals surface area contributed by atoms with Gasteiger partial charge in [0, 0.05) is 17.8 Å². The van der Waals surface area contributed by atoms with Gasteiger partial charge >= 0.3 is 0 Å². The van der Waals surface area contributed by atoms with E-state index in [-0.39, 0.29) is 6.04 Å². The van der Waals surface area contributed by atoms with Crippen LogP contribution in [0.4, 0.5) is 0 Å². The SMILES string of the molecule is NC(c1ccsc1)c1cccc2ccncc12. The summed E-state index contributed by atoms with van der Waals surface area (Å²) in [6.45, 7) is 0. The first-order valence-electron chi connectivity index (χ1n) is 5.46. The lowest BCUT2D eigenvalue weighted by Crippen LogP contribution is -2.11. The maximum Gasteiger partial charge on any atom is 0.0566 e. The number of thiophene rings is 1. The highest BCUT2D eigenvalue weighted by molar-refractivity contribution is 7.08. The van der Waals surface area contributed by atoms with E-state index in [1.807, 2.05) is 24.5 Å². The molecule has 0 spiro atoms. The van der Waals surface area contributed by atoms with E-state index in [2.05, 4.69) is 33.9 Å². The van der Waals surface area contributed by atoms with E-state index >= 15 is 0 Å². The van der Waals surface area contributed by atoms with E-state index in [4.69, 9.17) is 5.73 Å². The minimum absolute atomic E-state index is 0.0749. The van der Waals surface area contributed by atoms with Gasteiger partial charge in [-0.25, -0.2) is 0 Å². The van der Waals surface area contributed by atoms with Crippen LogP contribution in [0.25, 0.3) is 10.8 Å². The first kappa shape index (κ1) is 10.4. The van der Waals surface area contributed by atoms with E-state index in [0.29, 0.717) is 0 Å². The molecule has 0 aliphatic rings. The number of hydrogen-bond donors (Lipinski definition) is 1. The third-order valence-corrected chi connectivity index (χ3v) is 3.66. The molecule has 0 aliphatic heterocycles. The van der Waals surface area contributed by atoms with Gasteiger partial charge in [-0.15, -0.1) is 0 Å².